The van der Waals surface area contributed by atoms with Crippen LogP contribution in [0.5, 0.6) is 5.88 Å². The Morgan fingerprint density at radius 2 is 1.52 bits per heavy atom. The van der Waals surface area contributed by atoms with Gasteiger partial charge in [0.2, 0.25) is 11.8 Å². The summed E-state index contributed by atoms with van der Waals surface area (Å²) in [6.07, 6.45) is 2.88. The minimum atomic E-state index is -0.258. The molecule has 1 N–H and O–H groups in total. The molecule has 4 heteroatoms. The molecule has 0 aliphatic carbocycles. The molecule has 0 aliphatic heterocycles. The lowest BCUT2D eigenvalue weighted by molar-refractivity contribution is -0.111. The Morgan fingerprint density at radius 1 is 0.926 bits per heavy atom. The Bertz CT molecular complexity index is 861. The molecule has 0 unspecified atom stereocenters. The van der Waals surface area contributed by atoms with Gasteiger partial charge in [0.05, 0.1) is 11.9 Å². The predicted molar refractivity (Wildman–Crippen MR) is 108 cm³/mol. The van der Waals surface area contributed by atoms with Crippen molar-refractivity contribution in [1.82, 2.24) is 4.98 Å². The van der Waals surface area contributed by atoms with E-state index in [1.807, 2.05) is 74.5 Å². The number of amides is 1. The van der Waals surface area contributed by atoms with Crippen molar-refractivity contribution < 1.29 is 9.53 Å². The maximum Gasteiger partial charge on any atom is 0.248 e. The monoisotopic (exact) mass is 358 g/mol. The molecule has 0 saturated heterocycles. The molecule has 0 fully saturated rings. The number of allylic oxidation sites excluding steroid dienone is 1. The van der Waals surface area contributed by atoms with Gasteiger partial charge in [-0.1, -0.05) is 66.2 Å². The van der Waals surface area contributed by atoms with Crippen molar-refractivity contribution in [2.75, 3.05) is 5.32 Å². The van der Waals surface area contributed by atoms with Gasteiger partial charge >= 0.3 is 0 Å². The van der Waals surface area contributed by atoms with Crippen LogP contribution in [0.1, 0.15) is 31.1 Å². The van der Waals surface area contributed by atoms with Gasteiger partial charge in [-0.05, 0) is 31.0 Å². The zero-order chi connectivity index (χ0) is 19.1. The van der Waals surface area contributed by atoms with Crippen molar-refractivity contribution in [3.63, 3.8) is 0 Å². The Kier molecular flexibility index (Phi) is 6.00. The van der Waals surface area contributed by atoms with Crippen LogP contribution in [0, 0.1) is 0 Å². The zero-order valence-corrected chi connectivity index (χ0v) is 15.4. The fourth-order valence-electron chi connectivity index (χ4n) is 2.67. The summed E-state index contributed by atoms with van der Waals surface area (Å²) in [4.78, 5) is 16.2. The van der Waals surface area contributed by atoms with Crippen LogP contribution in [-0.4, -0.2) is 10.9 Å². The van der Waals surface area contributed by atoms with Gasteiger partial charge in [-0.2, -0.15) is 0 Å². The number of anilines is 1. The first-order valence-corrected chi connectivity index (χ1v) is 8.80. The van der Waals surface area contributed by atoms with Gasteiger partial charge in [0.15, 0.2) is 6.10 Å². The summed E-state index contributed by atoms with van der Waals surface area (Å²) in [7, 11) is 0. The van der Waals surface area contributed by atoms with Crippen LogP contribution in [0.15, 0.2) is 90.6 Å². The Labute approximate surface area is 159 Å². The van der Waals surface area contributed by atoms with E-state index in [4.69, 9.17) is 4.74 Å². The first-order chi connectivity index (χ1) is 13.1. The molecule has 1 heterocycles. The van der Waals surface area contributed by atoms with Crippen molar-refractivity contribution in [1.29, 1.82) is 0 Å². The molecule has 1 amide bonds. The van der Waals surface area contributed by atoms with Crippen molar-refractivity contribution in [2.45, 2.75) is 20.0 Å². The summed E-state index contributed by atoms with van der Waals surface area (Å²) in [6.45, 7) is 3.75. The van der Waals surface area contributed by atoms with E-state index in [0.717, 1.165) is 16.7 Å². The van der Waals surface area contributed by atoms with E-state index >= 15 is 0 Å². The maximum atomic E-state index is 11.8. The number of carbonyl (C=O) groups excluding carboxylic acids is 1. The van der Waals surface area contributed by atoms with E-state index in [-0.39, 0.29) is 12.0 Å². The average Bonchev–Trinajstić information content (AvgIpc) is 2.68. The Hall–Kier alpha value is -3.40. The lowest BCUT2D eigenvalue weighted by atomic mass is 10.0. The van der Waals surface area contributed by atoms with Gasteiger partial charge < -0.3 is 10.1 Å². The summed E-state index contributed by atoms with van der Waals surface area (Å²) in [5.74, 6) is 0.324. The molecule has 3 aromatic rings. The van der Waals surface area contributed by atoms with Crippen LogP contribution >= 0.6 is 0 Å². The van der Waals surface area contributed by atoms with E-state index in [9.17, 15) is 4.79 Å². The van der Waals surface area contributed by atoms with Gasteiger partial charge in [0.1, 0.15) is 0 Å². The van der Waals surface area contributed by atoms with Crippen molar-refractivity contribution in [3.8, 4) is 5.88 Å². The number of carbonyl (C=O) groups is 1. The predicted octanol–water partition coefficient (Wildman–Crippen LogP) is 5.15. The molecule has 0 spiro atoms. The summed E-state index contributed by atoms with van der Waals surface area (Å²) in [6, 6.07) is 23.6. The van der Waals surface area contributed by atoms with Gasteiger partial charge in [0, 0.05) is 12.1 Å². The first kappa shape index (κ1) is 18.4. The number of benzene rings is 2. The SMILES string of the molecule is CC(C)=CC(=O)Nc1ccc(OC(c2ccccc2)c2ccccc2)nc1. The maximum absolute atomic E-state index is 11.8. The van der Waals surface area contributed by atoms with E-state index in [0.29, 0.717) is 11.6 Å². The molecule has 0 saturated carbocycles. The number of rotatable bonds is 6. The lowest BCUT2D eigenvalue weighted by Gasteiger charge is -2.19. The van der Waals surface area contributed by atoms with Crippen LogP contribution in [0.3, 0.4) is 0 Å². The quantitative estimate of drug-likeness (QED) is 0.620. The van der Waals surface area contributed by atoms with Gasteiger partial charge in [-0.3, -0.25) is 4.79 Å². The van der Waals surface area contributed by atoms with Gasteiger partial charge in [-0.25, -0.2) is 4.98 Å². The fraction of sp³-hybridized carbons (Fsp3) is 0.130. The summed E-state index contributed by atoms with van der Waals surface area (Å²) < 4.78 is 6.18. The molecule has 4 nitrogen and oxygen atoms in total. The normalized spacial score (nSPS) is 10.3. The Morgan fingerprint density at radius 3 is 2.00 bits per heavy atom. The molecule has 0 bridgehead atoms. The molecule has 2 aromatic carbocycles. The van der Waals surface area contributed by atoms with E-state index < -0.39 is 0 Å². The standard InChI is InChI=1S/C23H22N2O2/c1-17(2)15-21(26)25-20-13-14-22(24-16-20)27-23(18-9-5-3-6-10-18)19-11-7-4-8-12-19/h3-16,23H,1-2H3,(H,25,26). The Balaban J connectivity index is 1.78. The van der Waals surface area contributed by atoms with Crippen molar-refractivity contribution >= 4 is 11.6 Å². The average molecular weight is 358 g/mol. The number of hydrogen-bond donors (Lipinski definition) is 1. The molecular formula is C23H22N2O2. The molecular weight excluding hydrogens is 336 g/mol. The number of hydrogen-bond acceptors (Lipinski definition) is 3. The minimum Gasteiger partial charge on any atom is -0.465 e. The topological polar surface area (TPSA) is 51.2 Å². The summed E-state index contributed by atoms with van der Waals surface area (Å²) >= 11 is 0. The summed E-state index contributed by atoms with van der Waals surface area (Å²) in [5.41, 5.74) is 3.66. The van der Waals surface area contributed by atoms with Crippen molar-refractivity contribution in [2.24, 2.45) is 0 Å². The highest BCUT2D eigenvalue weighted by molar-refractivity contribution is 5.99. The highest BCUT2D eigenvalue weighted by Crippen LogP contribution is 2.27. The molecule has 0 aliphatic rings. The number of aromatic nitrogens is 1. The minimum absolute atomic E-state index is 0.170. The number of ether oxygens (including phenoxy) is 1. The second-order valence-corrected chi connectivity index (χ2v) is 6.42. The van der Waals surface area contributed by atoms with E-state index in [1.165, 1.54) is 0 Å². The van der Waals surface area contributed by atoms with Crippen LogP contribution in [0.2, 0.25) is 0 Å². The lowest BCUT2D eigenvalue weighted by Crippen LogP contribution is -2.11. The van der Waals surface area contributed by atoms with Crippen molar-refractivity contribution in [3.05, 3.63) is 102 Å². The van der Waals surface area contributed by atoms with Gasteiger partial charge in [0.25, 0.3) is 0 Å². The fourth-order valence-corrected chi connectivity index (χ4v) is 2.67. The molecule has 136 valence electrons. The highest BCUT2D eigenvalue weighted by atomic mass is 16.5. The molecule has 0 radical (unpaired) electrons. The van der Waals surface area contributed by atoms with Gasteiger partial charge in [-0.15, -0.1) is 0 Å². The molecule has 27 heavy (non-hydrogen) atoms. The van der Waals surface area contributed by atoms with Crippen LogP contribution in [-0.2, 0) is 4.79 Å². The first-order valence-electron chi connectivity index (χ1n) is 8.80. The van der Waals surface area contributed by atoms with Crippen LogP contribution in [0.25, 0.3) is 0 Å². The highest BCUT2D eigenvalue weighted by Gasteiger charge is 2.16. The summed E-state index contributed by atoms with van der Waals surface area (Å²) in [5, 5.41) is 2.78. The number of pyridine rings is 1. The van der Waals surface area contributed by atoms with E-state index in [2.05, 4.69) is 10.3 Å². The second-order valence-electron chi connectivity index (χ2n) is 6.42. The molecule has 0 atom stereocenters. The third kappa shape index (κ3) is 5.28. The number of nitrogens with one attached hydrogen (secondary N) is 1. The van der Waals surface area contributed by atoms with Crippen LogP contribution < -0.4 is 10.1 Å². The third-order valence-electron chi connectivity index (χ3n) is 3.87. The second kappa shape index (κ2) is 8.81. The number of nitrogens with zero attached hydrogens (tertiary/aromatic N) is 1. The largest absolute Gasteiger partial charge is 0.465 e. The molecule has 1 aromatic heterocycles. The zero-order valence-electron chi connectivity index (χ0n) is 15.4. The van der Waals surface area contributed by atoms with E-state index in [1.54, 1.807) is 24.4 Å². The van der Waals surface area contributed by atoms with Crippen LogP contribution in [0.4, 0.5) is 5.69 Å². The molecule has 3 rings (SSSR count). The smallest absolute Gasteiger partial charge is 0.248 e. The third-order valence-corrected chi connectivity index (χ3v) is 3.87.